The third kappa shape index (κ3) is 4.75. The maximum atomic E-state index is 11.4. The fraction of sp³-hybridized carbons (Fsp3) is 0.0625. The van der Waals surface area contributed by atoms with Gasteiger partial charge in [0.05, 0.1) is 4.92 Å². The van der Waals surface area contributed by atoms with Crippen molar-refractivity contribution in [1.82, 2.24) is 0 Å². The molecule has 0 aromatic heterocycles. The molecule has 0 saturated heterocycles. The van der Waals surface area contributed by atoms with Crippen molar-refractivity contribution in [3.05, 3.63) is 76.4 Å². The summed E-state index contributed by atoms with van der Waals surface area (Å²) in [4.78, 5) is 21.4. The van der Waals surface area contributed by atoms with Crippen molar-refractivity contribution in [2.45, 2.75) is 0 Å². The fourth-order valence-electron chi connectivity index (χ4n) is 1.62. The summed E-state index contributed by atoms with van der Waals surface area (Å²) < 4.78 is 9.81. The van der Waals surface area contributed by atoms with Gasteiger partial charge in [0.15, 0.2) is 0 Å². The van der Waals surface area contributed by atoms with Gasteiger partial charge in [-0.15, -0.1) is 0 Å². The number of benzene rings is 2. The van der Waals surface area contributed by atoms with E-state index in [-0.39, 0.29) is 12.3 Å². The van der Waals surface area contributed by atoms with Gasteiger partial charge in [-0.2, -0.15) is 0 Å². The molecule has 0 saturated carbocycles. The zero-order valence-electron chi connectivity index (χ0n) is 11.5. The molecule has 0 atom stereocenters. The van der Waals surface area contributed by atoms with Gasteiger partial charge < -0.3 is 9.47 Å². The predicted octanol–water partition coefficient (Wildman–Crippen LogP) is 3.82. The number of nitrogens with zero attached hydrogens (tertiary/aromatic N) is 1. The Balaban J connectivity index is 1.78. The van der Waals surface area contributed by atoms with E-state index in [1.807, 2.05) is 6.07 Å². The largest absolute Gasteiger partial charge is 0.514 e. The molecule has 2 aromatic carbocycles. The van der Waals surface area contributed by atoms with Crippen LogP contribution >= 0.6 is 0 Å². The second kappa shape index (κ2) is 7.58. The van der Waals surface area contributed by atoms with E-state index in [4.69, 9.17) is 9.47 Å². The molecule has 0 aliphatic rings. The van der Waals surface area contributed by atoms with Crippen molar-refractivity contribution < 1.29 is 19.2 Å². The van der Waals surface area contributed by atoms with Crippen LogP contribution in [0.3, 0.4) is 0 Å². The molecule has 0 aliphatic heterocycles. The lowest BCUT2D eigenvalue weighted by Crippen LogP contribution is -2.10. The fourth-order valence-corrected chi connectivity index (χ4v) is 1.62. The minimum Gasteiger partial charge on any atom is -0.430 e. The summed E-state index contributed by atoms with van der Waals surface area (Å²) in [7, 11) is 0. The minimum atomic E-state index is -0.792. The summed E-state index contributed by atoms with van der Waals surface area (Å²) in [5.74, 6) is 0.409. The molecule has 0 unspecified atom stereocenters. The molecule has 0 aliphatic carbocycles. The number of hydrogen-bond acceptors (Lipinski definition) is 5. The molecule has 0 N–H and O–H groups in total. The number of nitro groups is 1. The molecule has 112 valence electrons. The molecule has 2 rings (SSSR count). The zero-order chi connectivity index (χ0) is 15.8. The van der Waals surface area contributed by atoms with Crippen molar-refractivity contribution in [2.75, 3.05) is 6.61 Å². The lowest BCUT2D eigenvalue weighted by Gasteiger charge is -2.03. The molecule has 22 heavy (non-hydrogen) atoms. The Morgan fingerprint density at radius 3 is 2.41 bits per heavy atom. The highest BCUT2D eigenvalue weighted by atomic mass is 16.7. The molecule has 0 heterocycles. The molecule has 0 amide bonds. The highest BCUT2D eigenvalue weighted by Gasteiger charge is 2.04. The lowest BCUT2D eigenvalue weighted by molar-refractivity contribution is -0.384. The standard InChI is InChI=1S/C16H13NO5/c18-16(22-15-6-2-1-3-7-15)21-12-4-5-13-8-10-14(11-9-13)17(19)20/h1-11H,12H2/b5-4+. The summed E-state index contributed by atoms with van der Waals surface area (Å²) in [5, 5.41) is 10.5. The van der Waals surface area contributed by atoms with Crippen LogP contribution in [-0.4, -0.2) is 17.7 Å². The average Bonchev–Trinajstić information content (AvgIpc) is 2.53. The van der Waals surface area contributed by atoms with Crippen molar-refractivity contribution >= 4 is 17.9 Å². The molecule has 0 radical (unpaired) electrons. The molecular weight excluding hydrogens is 286 g/mol. The molecular formula is C16H13NO5. The van der Waals surface area contributed by atoms with Crippen LogP contribution in [0, 0.1) is 10.1 Å². The zero-order valence-corrected chi connectivity index (χ0v) is 11.5. The summed E-state index contributed by atoms with van der Waals surface area (Å²) in [6.45, 7) is 0.0443. The summed E-state index contributed by atoms with van der Waals surface area (Å²) in [6.07, 6.45) is 2.52. The van der Waals surface area contributed by atoms with Crippen molar-refractivity contribution in [2.24, 2.45) is 0 Å². The third-order valence-corrected chi connectivity index (χ3v) is 2.66. The molecule has 0 fully saturated rings. The van der Waals surface area contributed by atoms with Crippen molar-refractivity contribution in [3.8, 4) is 5.75 Å². The van der Waals surface area contributed by atoms with Gasteiger partial charge in [0, 0.05) is 12.1 Å². The van der Waals surface area contributed by atoms with Crippen LogP contribution in [0.4, 0.5) is 10.5 Å². The maximum absolute atomic E-state index is 11.4. The van der Waals surface area contributed by atoms with Crippen LogP contribution in [0.2, 0.25) is 0 Å². The van der Waals surface area contributed by atoms with Gasteiger partial charge in [0.2, 0.25) is 0 Å². The SMILES string of the molecule is O=C(OC/C=C/c1ccc([N+](=O)[O-])cc1)Oc1ccccc1. The van der Waals surface area contributed by atoms with E-state index in [2.05, 4.69) is 0 Å². The Kier molecular flexibility index (Phi) is 5.25. The second-order valence-electron chi connectivity index (χ2n) is 4.23. The number of para-hydroxylation sites is 1. The van der Waals surface area contributed by atoms with Crippen LogP contribution < -0.4 is 4.74 Å². The first kappa shape index (κ1) is 15.2. The Morgan fingerprint density at radius 1 is 1.09 bits per heavy atom. The summed E-state index contributed by atoms with van der Waals surface area (Å²) in [6, 6.07) is 14.6. The van der Waals surface area contributed by atoms with Crippen LogP contribution in [0.5, 0.6) is 5.75 Å². The smallest absolute Gasteiger partial charge is 0.430 e. The number of carbonyl (C=O) groups excluding carboxylic acids is 1. The van der Waals surface area contributed by atoms with Gasteiger partial charge in [0.1, 0.15) is 12.4 Å². The van der Waals surface area contributed by atoms with Gasteiger partial charge in [0.25, 0.3) is 5.69 Å². The molecule has 6 heteroatoms. The van der Waals surface area contributed by atoms with Gasteiger partial charge in [-0.1, -0.05) is 24.3 Å². The monoisotopic (exact) mass is 299 g/mol. The van der Waals surface area contributed by atoms with E-state index in [0.29, 0.717) is 5.75 Å². The van der Waals surface area contributed by atoms with Gasteiger partial charge in [-0.3, -0.25) is 10.1 Å². The van der Waals surface area contributed by atoms with E-state index in [0.717, 1.165) is 5.56 Å². The Labute approximate surface area is 126 Å². The number of ether oxygens (including phenoxy) is 2. The van der Waals surface area contributed by atoms with E-state index >= 15 is 0 Å². The third-order valence-electron chi connectivity index (χ3n) is 2.66. The minimum absolute atomic E-state index is 0.0276. The van der Waals surface area contributed by atoms with Crippen molar-refractivity contribution in [1.29, 1.82) is 0 Å². The highest BCUT2D eigenvalue weighted by molar-refractivity contribution is 5.64. The highest BCUT2D eigenvalue weighted by Crippen LogP contribution is 2.13. The quantitative estimate of drug-likeness (QED) is 0.363. The number of rotatable bonds is 5. The normalized spacial score (nSPS) is 10.4. The summed E-state index contributed by atoms with van der Waals surface area (Å²) in [5.41, 5.74) is 0.797. The maximum Gasteiger partial charge on any atom is 0.514 e. The molecule has 0 bridgehead atoms. The first-order valence-corrected chi connectivity index (χ1v) is 6.46. The van der Waals surface area contributed by atoms with Gasteiger partial charge >= 0.3 is 6.16 Å². The second-order valence-corrected chi connectivity index (χ2v) is 4.23. The predicted molar refractivity (Wildman–Crippen MR) is 80.5 cm³/mol. The van der Waals surface area contributed by atoms with E-state index in [1.165, 1.54) is 12.1 Å². The first-order valence-electron chi connectivity index (χ1n) is 6.46. The van der Waals surface area contributed by atoms with Crippen molar-refractivity contribution in [3.63, 3.8) is 0 Å². The van der Waals surface area contributed by atoms with Gasteiger partial charge in [-0.05, 0) is 35.9 Å². The van der Waals surface area contributed by atoms with E-state index in [9.17, 15) is 14.9 Å². The number of nitro benzene ring substituents is 1. The van der Waals surface area contributed by atoms with E-state index in [1.54, 1.807) is 48.6 Å². The van der Waals surface area contributed by atoms with Crippen LogP contribution in [-0.2, 0) is 4.74 Å². The number of hydrogen-bond donors (Lipinski definition) is 0. The Bertz CT molecular complexity index is 665. The van der Waals surface area contributed by atoms with Crippen LogP contribution in [0.25, 0.3) is 6.08 Å². The molecule has 6 nitrogen and oxygen atoms in total. The summed E-state index contributed by atoms with van der Waals surface area (Å²) >= 11 is 0. The number of carbonyl (C=O) groups is 1. The lowest BCUT2D eigenvalue weighted by atomic mass is 10.2. The van der Waals surface area contributed by atoms with E-state index < -0.39 is 11.1 Å². The van der Waals surface area contributed by atoms with Crippen LogP contribution in [0.1, 0.15) is 5.56 Å². The van der Waals surface area contributed by atoms with Gasteiger partial charge in [-0.25, -0.2) is 4.79 Å². The topological polar surface area (TPSA) is 78.7 Å². The average molecular weight is 299 g/mol. The Morgan fingerprint density at radius 2 is 1.77 bits per heavy atom. The first-order chi connectivity index (χ1) is 10.6. The number of non-ortho nitro benzene ring substituents is 1. The molecule has 0 spiro atoms. The van der Waals surface area contributed by atoms with Crippen LogP contribution in [0.15, 0.2) is 60.7 Å². The molecule has 2 aromatic rings. The Hall–Kier alpha value is -3.15.